The fourth-order valence-electron chi connectivity index (χ4n) is 4.62. The zero-order chi connectivity index (χ0) is 18.0. The summed E-state index contributed by atoms with van der Waals surface area (Å²) in [6, 6.07) is 0. The molecule has 3 N–H and O–H groups in total. The van der Waals surface area contributed by atoms with Gasteiger partial charge in [0.15, 0.2) is 0 Å². The van der Waals surface area contributed by atoms with Gasteiger partial charge in [-0.15, -0.1) is 0 Å². The SMILES string of the molecule is CC1(C)CN(C2(CNC(=O)C3(N)CCOCC3)CCCCC2)CCO1. The first-order valence-corrected chi connectivity index (χ1v) is 9.89. The third-order valence-electron chi connectivity index (χ3n) is 6.30. The topological polar surface area (TPSA) is 76.8 Å². The molecule has 3 fully saturated rings. The Morgan fingerprint density at radius 2 is 1.76 bits per heavy atom. The van der Waals surface area contributed by atoms with Crippen LogP contribution in [0.5, 0.6) is 0 Å². The van der Waals surface area contributed by atoms with Gasteiger partial charge in [-0.1, -0.05) is 19.3 Å². The number of nitrogens with two attached hydrogens (primary N) is 1. The molecule has 3 rings (SSSR count). The Balaban J connectivity index is 1.67. The summed E-state index contributed by atoms with van der Waals surface area (Å²) in [6.45, 7) is 8.80. The van der Waals surface area contributed by atoms with Crippen molar-refractivity contribution in [1.29, 1.82) is 0 Å². The fourth-order valence-corrected chi connectivity index (χ4v) is 4.62. The molecule has 6 nitrogen and oxygen atoms in total. The van der Waals surface area contributed by atoms with Crippen LogP contribution in [0, 0.1) is 0 Å². The van der Waals surface area contributed by atoms with Crippen molar-refractivity contribution in [2.75, 3.05) is 39.5 Å². The van der Waals surface area contributed by atoms with E-state index in [2.05, 4.69) is 24.1 Å². The summed E-state index contributed by atoms with van der Waals surface area (Å²) in [6.07, 6.45) is 7.26. The molecule has 0 atom stereocenters. The van der Waals surface area contributed by atoms with Gasteiger partial charge < -0.3 is 20.5 Å². The van der Waals surface area contributed by atoms with Crippen molar-refractivity contribution in [1.82, 2.24) is 10.2 Å². The van der Waals surface area contributed by atoms with Crippen LogP contribution in [-0.2, 0) is 14.3 Å². The minimum atomic E-state index is -0.765. The predicted octanol–water partition coefficient (Wildman–Crippen LogP) is 1.42. The Labute approximate surface area is 151 Å². The van der Waals surface area contributed by atoms with Crippen LogP contribution in [0.4, 0.5) is 0 Å². The van der Waals surface area contributed by atoms with Gasteiger partial charge in [0.05, 0.1) is 17.7 Å². The maximum atomic E-state index is 12.8. The Bertz CT molecular complexity index is 469. The van der Waals surface area contributed by atoms with Crippen LogP contribution >= 0.6 is 0 Å². The summed E-state index contributed by atoms with van der Waals surface area (Å²) >= 11 is 0. The molecular weight excluding hydrogens is 318 g/mol. The van der Waals surface area contributed by atoms with Gasteiger partial charge in [0.2, 0.25) is 5.91 Å². The molecule has 0 unspecified atom stereocenters. The van der Waals surface area contributed by atoms with E-state index in [-0.39, 0.29) is 17.0 Å². The first-order valence-electron chi connectivity index (χ1n) is 9.89. The van der Waals surface area contributed by atoms with Crippen LogP contribution in [0.2, 0.25) is 0 Å². The summed E-state index contributed by atoms with van der Waals surface area (Å²) < 4.78 is 11.3. The number of carbonyl (C=O) groups excluding carboxylic acids is 1. The number of ether oxygens (including phenoxy) is 2. The molecule has 3 aliphatic rings. The highest BCUT2D eigenvalue weighted by Gasteiger charge is 2.44. The van der Waals surface area contributed by atoms with E-state index in [0.29, 0.717) is 32.6 Å². The summed E-state index contributed by atoms with van der Waals surface area (Å²) in [5.41, 5.74) is 5.52. The monoisotopic (exact) mass is 353 g/mol. The lowest BCUT2D eigenvalue weighted by Crippen LogP contribution is -2.65. The highest BCUT2D eigenvalue weighted by Crippen LogP contribution is 2.36. The first-order chi connectivity index (χ1) is 11.9. The van der Waals surface area contributed by atoms with E-state index in [9.17, 15) is 4.79 Å². The van der Waals surface area contributed by atoms with E-state index in [1.807, 2.05) is 0 Å². The maximum absolute atomic E-state index is 12.8. The lowest BCUT2D eigenvalue weighted by atomic mass is 9.78. The smallest absolute Gasteiger partial charge is 0.240 e. The molecule has 1 saturated carbocycles. The second kappa shape index (κ2) is 7.51. The molecule has 25 heavy (non-hydrogen) atoms. The van der Waals surface area contributed by atoms with E-state index in [4.69, 9.17) is 15.2 Å². The molecule has 0 radical (unpaired) electrons. The number of hydrogen-bond donors (Lipinski definition) is 2. The molecule has 2 saturated heterocycles. The van der Waals surface area contributed by atoms with Gasteiger partial charge in [-0.3, -0.25) is 9.69 Å². The summed E-state index contributed by atoms with van der Waals surface area (Å²) in [5.74, 6) is -0.00623. The summed E-state index contributed by atoms with van der Waals surface area (Å²) in [4.78, 5) is 15.4. The molecule has 6 heteroatoms. The molecule has 1 amide bonds. The standard InChI is InChI=1S/C19H35N3O3/c1-17(2)15-22(10-13-25-17)18(6-4-3-5-7-18)14-21-16(23)19(20)8-11-24-12-9-19/h3-15,20H2,1-2H3,(H,21,23). The Morgan fingerprint density at radius 3 is 2.40 bits per heavy atom. The molecule has 0 bridgehead atoms. The molecular formula is C19H35N3O3. The van der Waals surface area contributed by atoms with E-state index >= 15 is 0 Å². The second-order valence-corrected chi connectivity index (χ2v) is 8.77. The van der Waals surface area contributed by atoms with Crippen molar-refractivity contribution in [3.63, 3.8) is 0 Å². The molecule has 144 valence electrons. The summed E-state index contributed by atoms with van der Waals surface area (Å²) in [5, 5.41) is 3.23. The molecule has 2 aliphatic heterocycles. The number of nitrogens with one attached hydrogen (secondary N) is 1. The highest BCUT2D eigenvalue weighted by atomic mass is 16.5. The minimum Gasteiger partial charge on any atom is -0.381 e. The Hall–Kier alpha value is -0.690. The second-order valence-electron chi connectivity index (χ2n) is 8.77. The van der Waals surface area contributed by atoms with Crippen LogP contribution in [-0.4, -0.2) is 66.9 Å². The van der Waals surface area contributed by atoms with Crippen LogP contribution in [0.1, 0.15) is 58.8 Å². The summed E-state index contributed by atoms with van der Waals surface area (Å²) in [7, 11) is 0. The third-order valence-corrected chi connectivity index (χ3v) is 6.30. The van der Waals surface area contributed by atoms with Crippen molar-refractivity contribution >= 4 is 5.91 Å². The average Bonchev–Trinajstić information content (AvgIpc) is 2.60. The molecule has 0 spiro atoms. The first kappa shape index (κ1) is 19.1. The van der Waals surface area contributed by atoms with Gasteiger partial charge in [0, 0.05) is 38.4 Å². The molecule has 0 aromatic heterocycles. The van der Waals surface area contributed by atoms with Gasteiger partial charge in [-0.25, -0.2) is 0 Å². The van der Waals surface area contributed by atoms with Gasteiger partial charge in [-0.05, 0) is 39.5 Å². The largest absolute Gasteiger partial charge is 0.381 e. The normalized spacial score (nSPS) is 29.1. The van der Waals surface area contributed by atoms with Gasteiger partial charge in [0.1, 0.15) is 0 Å². The minimum absolute atomic E-state index is 0.00623. The van der Waals surface area contributed by atoms with E-state index in [1.165, 1.54) is 19.3 Å². The predicted molar refractivity (Wildman–Crippen MR) is 97.4 cm³/mol. The molecule has 0 aromatic rings. The fraction of sp³-hybridized carbons (Fsp3) is 0.947. The van der Waals surface area contributed by atoms with Crippen molar-refractivity contribution in [2.24, 2.45) is 5.73 Å². The van der Waals surface area contributed by atoms with Crippen molar-refractivity contribution in [2.45, 2.75) is 75.5 Å². The lowest BCUT2D eigenvalue weighted by molar-refractivity contribution is -0.134. The van der Waals surface area contributed by atoms with E-state index in [0.717, 1.165) is 32.5 Å². The maximum Gasteiger partial charge on any atom is 0.240 e. The van der Waals surface area contributed by atoms with Crippen LogP contribution < -0.4 is 11.1 Å². The molecule has 1 aliphatic carbocycles. The number of hydrogen-bond acceptors (Lipinski definition) is 5. The van der Waals surface area contributed by atoms with Crippen LogP contribution in [0.25, 0.3) is 0 Å². The quantitative estimate of drug-likeness (QED) is 0.799. The number of carbonyl (C=O) groups is 1. The average molecular weight is 354 g/mol. The highest BCUT2D eigenvalue weighted by molar-refractivity contribution is 5.86. The Kier molecular flexibility index (Phi) is 5.73. The van der Waals surface area contributed by atoms with Crippen LogP contribution in [0.3, 0.4) is 0 Å². The van der Waals surface area contributed by atoms with Crippen molar-refractivity contribution in [3.8, 4) is 0 Å². The third kappa shape index (κ3) is 4.35. The lowest BCUT2D eigenvalue weighted by Gasteiger charge is -2.51. The van der Waals surface area contributed by atoms with E-state index < -0.39 is 5.54 Å². The number of nitrogens with zero attached hydrogens (tertiary/aromatic N) is 1. The molecule has 0 aromatic carbocycles. The molecule has 2 heterocycles. The van der Waals surface area contributed by atoms with Crippen molar-refractivity contribution in [3.05, 3.63) is 0 Å². The van der Waals surface area contributed by atoms with Gasteiger partial charge in [-0.2, -0.15) is 0 Å². The zero-order valence-electron chi connectivity index (χ0n) is 15.9. The van der Waals surface area contributed by atoms with Gasteiger partial charge in [0.25, 0.3) is 0 Å². The zero-order valence-corrected chi connectivity index (χ0v) is 15.9. The van der Waals surface area contributed by atoms with E-state index in [1.54, 1.807) is 0 Å². The number of rotatable bonds is 4. The number of amides is 1. The Morgan fingerprint density at radius 1 is 1.08 bits per heavy atom. The number of morpholine rings is 1. The van der Waals surface area contributed by atoms with Gasteiger partial charge >= 0.3 is 0 Å². The van der Waals surface area contributed by atoms with Crippen LogP contribution in [0.15, 0.2) is 0 Å². The van der Waals surface area contributed by atoms with Crippen molar-refractivity contribution < 1.29 is 14.3 Å².